The third-order valence-corrected chi connectivity index (χ3v) is 2.63. The molecule has 48 valence electrons. The molecule has 1 aromatic carbocycles. The normalized spacial score (nSPS) is 9.67. The number of benzene rings is 1. The van der Waals surface area contributed by atoms with Crippen molar-refractivity contribution in [1.82, 2.24) is 0 Å². The lowest BCUT2D eigenvalue weighted by Crippen LogP contribution is -1.79. The first-order chi connectivity index (χ1) is 4.22. The summed E-state index contributed by atoms with van der Waals surface area (Å²) >= 11 is 7.43. The predicted octanol–water partition coefficient (Wildman–Crippen LogP) is 3.08. The van der Waals surface area contributed by atoms with E-state index in [4.69, 9.17) is 11.6 Å². The van der Waals surface area contributed by atoms with Crippen molar-refractivity contribution in [1.29, 1.82) is 0 Å². The van der Waals surface area contributed by atoms with Gasteiger partial charge in [-0.2, -0.15) is 0 Å². The van der Waals surface area contributed by atoms with Crippen molar-refractivity contribution in [2.45, 2.75) is 0 Å². The monoisotopic (exact) mass is 256 g/mol. The van der Waals surface area contributed by atoms with E-state index in [2.05, 4.69) is 0 Å². The number of hydrogen-bond donors (Lipinski definition) is 0. The van der Waals surface area contributed by atoms with Crippen molar-refractivity contribution in [3.05, 3.63) is 32.6 Å². The predicted molar refractivity (Wildman–Crippen MR) is 44.1 cm³/mol. The molecule has 0 unspecified atom stereocenters. The molecule has 0 bridgehead atoms. The van der Waals surface area contributed by atoms with E-state index < -0.39 is 0 Å². The molecule has 0 N–H and O–H groups in total. The second kappa shape index (κ2) is 2.84. The van der Waals surface area contributed by atoms with E-state index in [1.807, 2.05) is 22.6 Å². The lowest BCUT2D eigenvalue weighted by atomic mass is 10.4. The fourth-order valence-corrected chi connectivity index (χ4v) is 1.00. The summed E-state index contributed by atoms with van der Waals surface area (Å²) in [4.78, 5) is 0. The zero-order valence-corrected chi connectivity index (χ0v) is 7.28. The summed E-state index contributed by atoms with van der Waals surface area (Å²) < 4.78 is 13.0. The minimum Gasteiger partial charge on any atom is -0.206 e. The van der Waals surface area contributed by atoms with Crippen molar-refractivity contribution >= 4 is 34.2 Å². The Hall–Kier alpha value is 0.170. The largest absolute Gasteiger partial charge is 0.206 e. The van der Waals surface area contributed by atoms with Crippen molar-refractivity contribution in [3.63, 3.8) is 0 Å². The average molecular weight is 256 g/mol. The van der Waals surface area contributed by atoms with Crippen LogP contribution in [0.3, 0.4) is 0 Å². The fourth-order valence-electron chi connectivity index (χ4n) is 0.477. The van der Waals surface area contributed by atoms with Crippen LogP contribution in [0.15, 0.2) is 18.2 Å². The first-order valence-corrected chi connectivity index (χ1v) is 3.77. The van der Waals surface area contributed by atoms with E-state index in [1.165, 1.54) is 6.07 Å². The van der Waals surface area contributed by atoms with E-state index in [0.29, 0.717) is 8.59 Å². The van der Waals surface area contributed by atoms with Gasteiger partial charge in [0.25, 0.3) is 0 Å². The Balaban J connectivity index is 3.25. The molecule has 0 nitrogen and oxygen atoms in total. The Morgan fingerprint density at radius 2 is 2.11 bits per heavy atom. The van der Waals surface area contributed by atoms with Crippen LogP contribution in [-0.2, 0) is 0 Å². The van der Waals surface area contributed by atoms with Gasteiger partial charge in [0.1, 0.15) is 5.82 Å². The summed E-state index contributed by atoms with van der Waals surface area (Å²) in [6.07, 6.45) is 0. The number of rotatable bonds is 0. The zero-order valence-electron chi connectivity index (χ0n) is 4.37. The molecule has 1 aromatic rings. The van der Waals surface area contributed by atoms with E-state index in [-0.39, 0.29) is 5.82 Å². The standard InChI is InChI=1S/C6H3ClFI/c7-4-2-1-3-5(8)6(4)9/h1-3H. The van der Waals surface area contributed by atoms with Crippen LogP contribution in [0, 0.1) is 9.39 Å². The second-order valence-corrected chi connectivity index (χ2v) is 3.02. The van der Waals surface area contributed by atoms with Crippen LogP contribution in [0.5, 0.6) is 0 Å². The molecule has 0 aliphatic carbocycles. The minimum absolute atomic E-state index is 0.261. The molecule has 0 saturated carbocycles. The first-order valence-electron chi connectivity index (χ1n) is 2.31. The molecule has 0 spiro atoms. The van der Waals surface area contributed by atoms with Crippen LogP contribution in [0.4, 0.5) is 4.39 Å². The van der Waals surface area contributed by atoms with Gasteiger partial charge in [0, 0.05) is 0 Å². The second-order valence-electron chi connectivity index (χ2n) is 1.54. The van der Waals surface area contributed by atoms with Gasteiger partial charge in [-0.3, -0.25) is 0 Å². The van der Waals surface area contributed by atoms with E-state index in [0.717, 1.165) is 0 Å². The molecule has 0 fully saturated rings. The molecule has 3 heteroatoms. The van der Waals surface area contributed by atoms with Gasteiger partial charge in [-0.05, 0) is 34.7 Å². The molecule has 1 rings (SSSR count). The highest BCUT2D eigenvalue weighted by Crippen LogP contribution is 2.19. The van der Waals surface area contributed by atoms with Gasteiger partial charge in [-0.15, -0.1) is 0 Å². The lowest BCUT2D eigenvalue weighted by molar-refractivity contribution is 0.620. The van der Waals surface area contributed by atoms with Gasteiger partial charge in [0.2, 0.25) is 0 Å². The average Bonchev–Trinajstić information content (AvgIpc) is 1.83. The SMILES string of the molecule is Fc1cccc(Cl)c1I. The van der Waals surface area contributed by atoms with Crippen LogP contribution >= 0.6 is 34.2 Å². The van der Waals surface area contributed by atoms with E-state index >= 15 is 0 Å². The lowest BCUT2D eigenvalue weighted by Gasteiger charge is -1.93. The Labute approximate surface area is 71.2 Å². The molecule has 0 amide bonds. The minimum atomic E-state index is -0.261. The topological polar surface area (TPSA) is 0 Å². The summed E-state index contributed by atoms with van der Waals surface area (Å²) in [5.41, 5.74) is 0. The van der Waals surface area contributed by atoms with Gasteiger partial charge in [0.15, 0.2) is 0 Å². The molecule has 9 heavy (non-hydrogen) atoms. The summed E-state index contributed by atoms with van der Waals surface area (Å²) in [5, 5.41) is 0.468. The fraction of sp³-hybridized carbons (Fsp3) is 0. The summed E-state index contributed by atoms with van der Waals surface area (Å²) in [5.74, 6) is -0.261. The first kappa shape index (κ1) is 7.28. The summed E-state index contributed by atoms with van der Waals surface area (Å²) in [7, 11) is 0. The van der Waals surface area contributed by atoms with Gasteiger partial charge in [0.05, 0.1) is 8.59 Å². The quantitative estimate of drug-likeness (QED) is 0.494. The van der Waals surface area contributed by atoms with E-state index in [9.17, 15) is 4.39 Å². The molecular weight excluding hydrogens is 253 g/mol. The molecular formula is C6H3ClFI. The molecule has 0 aliphatic rings. The molecule has 0 aliphatic heterocycles. The van der Waals surface area contributed by atoms with Crippen LogP contribution in [0.25, 0.3) is 0 Å². The highest BCUT2D eigenvalue weighted by Gasteiger charge is 1.99. The van der Waals surface area contributed by atoms with Crippen molar-refractivity contribution in [3.8, 4) is 0 Å². The van der Waals surface area contributed by atoms with Crippen molar-refractivity contribution in [2.24, 2.45) is 0 Å². The van der Waals surface area contributed by atoms with Crippen LogP contribution in [-0.4, -0.2) is 0 Å². The highest BCUT2D eigenvalue weighted by atomic mass is 127. The molecule has 0 heterocycles. The molecule has 0 saturated heterocycles. The van der Waals surface area contributed by atoms with Gasteiger partial charge in [-0.1, -0.05) is 17.7 Å². The summed E-state index contributed by atoms with van der Waals surface area (Å²) in [6.45, 7) is 0. The maximum absolute atomic E-state index is 12.5. The molecule has 0 atom stereocenters. The maximum Gasteiger partial charge on any atom is 0.138 e. The van der Waals surface area contributed by atoms with Gasteiger partial charge < -0.3 is 0 Å². The number of halogens is 3. The van der Waals surface area contributed by atoms with Gasteiger partial charge in [-0.25, -0.2) is 4.39 Å². The molecule has 0 aromatic heterocycles. The zero-order chi connectivity index (χ0) is 6.85. The Kier molecular flexibility index (Phi) is 2.29. The van der Waals surface area contributed by atoms with Gasteiger partial charge >= 0.3 is 0 Å². The Morgan fingerprint density at radius 1 is 1.44 bits per heavy atom. The molecule has 0 radical (unpaired) electrons. The van der Waals surface area contributed by atoms with E-state index in [1.54, 1.807) is 12.1 Å². The van der Waals surface area contributed by atoms with Crippen molar-refractivity contribution < 1.29 is 4.39 Å². The Bertz CT molecular complexity index is 204. The summed E-state index contributed by atoms with van der Waals surface area (Å²) in [6, 6.07) is 4.62. The van der Waals surface area contributed by atoms with Crippen LogP contribution in [0.1, 0.15) is 0 Å². The smallest absolute Gasteiger partial charge is 0.138 e. The maximum atomic E-state index is 12.5. The highest BCUT2D eigenvalue weighted by molar-refractivity contribution is 14.1. The third kappa shape index (κ3) is 1.55. The van der Waals surface area contributed by atoms with Crippen LogP contribution in [0.2, 0.25) is 5.02 Å². The Morgan fingerprint density at radius 3 is 2.56 bits per heavy atom. The van der Waals surface area contributed by atoms with Crippen LogP contribution < -0.4 is 0 Å². The van der Waals surface area contributed by atoms with Crippen molar-refractivity contribution in [2.75, 3.05) is 0 Å². The third-order valence-electron chi connectivity index (χ3n) is 0.904. The number of hydrogen-bond acceptors (Lipinski definition) is 0.